The van der Waals surface area contributed by atoms with Crippen molar-refractivity contribution >= 4 is 11.8 Å². The molecule has 2 amide bonds. The van der Waals surface area contributed by atoms with Gasteiger partial charge in [-0.3, -0.25) is 9.59 Å². The van der Waals surface area contributed by atoms with Gasteiger partial charge in [-0.1, -0.05) is 55.4 Å². The summed E-state index contributed by atoms with van der Waals surface area (Å²) in [6.07, 6.45) is 0. The quantitative estimate of drug-likeness (QED) is 0.709. The first-order chi connectivity index (χ1) is 9.35. The second-order valence-corrected chi connectivity index (χ2v) is 7.84. The molecule has 0 bridgehead atoms. The van der Waals surface area contributed by atoms with Gasteiger partial charge in [-0.15, -0.1) is 0 Å². The molecule has 0 radical (unpaired) electrons. The highest BCUT2D eigenvalue weighted by Gasteiger charge is 2.47. The number of carbonyl (C=O) groups is 2. The van der Waals surface area contributed by atoms with Crippen LogP contribution in [-0.4, -0.2) is 18.5 Å². The Morgan fingerprint density at radius 1 is 0.857 bits per heavy atom. The average molecular weight is 298 g/mol. The maximum Gasteiger partial charge on any atom is 0.225 e. The van der Waals surface area contributed by atoms with E-state index in [1.54, 1.807) is 0 Å². The van der Waals surface area contributed by atoms with Gasteiger partial charge in [0.1, 0.15) is 0 Å². The van der Waals surface area contributed by atoms with Gasteiger partial charge in [-0.05, 0) is 22.7 Å². The van der Waals surface area contributed by atoms with Crippen LogP contribution in [0.5, 0.6) is 0 Å². The number of rotatable bonds is 7. The Bertz CT molecular complexity index is 351. The molecule has 21 heavy (non-hydrogen) atoms. The molecule has 0 fully saturated rings. The lowest BCUT2D eigenvalue weighted by atomic mass is 9.57. The van der Waals surface area contributed by atoms with E-state index in [-0.39, 0.29) is 35.2 Å². The van der Waals surface area contributed by atoms with E-state index in [1.165, 1.54) is 6.92 Å². The zero-order chi connectivity index (χ0) is 17.0. The molecule has 0 heterocycles. The summed E-state index contributed by atoms with van der Waals surface area (Å²) in [6, 6.07) is 0. The number of carbonyl (C=O) groups excluding carboxylic acids is 2. The highest BCUT2D eigenvalue weighted by atomic mass is 16.2. The summed E-state index contributed by atoms with van der Waals surface area (Å²) in [6.45, 7) is 18.9. The summed E-state index contributed by atoms with van der Waals surface area (Å²) in [5.41, 5.74) is -0.262. The van der Waals surface area contributed by atoms with Crippen molar-refractivity contribution in [1.82, 2.24) is 10.6 Å². The summed E-state index contributed by atoms with van der Waals surface area (Å²) in [4.78, 5) is 23.7. The van der Waals surface area contributed by atoms with Crippen molar-refractivity contribution in [2.24, 2.45) is 28.6 Å². The minimum atomic E-state index is -0.141. The Morgan fingerprint density at radius 2 is 1.24 bits per heavy atom. The molecule has 4 heteroatoms. The molecule has 2 N–H and O–H groups in total. The standard InChI is InChI=1S/C17H34N2O2/c1-11(2)16(6,7)14(17(8,9)12(3)4)15(21)19-10-18-13(5)20/h11-12,14H,10H2,1-9H3,(H,18,20)(H,19,21). The van der Waals surface area contributed by atoms with Gasteiger partial charge in [0.05, 0.1) is 6.67 Å². The van der Waals surface area contributed by atoms with Crippen molar-refractivity contribution in [3.8, 4) is 0 Å². The first kappa shape index (κ1) is 19.9. The smallest absolute Gasteiger partial charge is 0.225 e. The van der Waals surface area contributed by atoms with E-state index in [0.717, 1.165) is 0 Å². The second-order valence-electron chi connectivity index (χ2n) is 7.84. The molecule has 0 saturated carbocycles. The van der Waals surface area contributed by atoms with Crippen LogP contribution in [0.4, 0.5) is 0 Å². The molecule has 0 saturated heterocycles. The van der Waals surface area contributed by atoms with E-state index < -0.39 is 0 Å². The Labute approximate surface area is 130 Å². The van der Waals surface area contributed by atoms with E-state index in [4.69, 9.17) is 0 Å². The lowest BCUT2D eigenvalue weighted by Crippen LogP contribution is -2.52. The van der Waals surface area contributed by atoms with Crippen molar-refractivity contribution in [2.75, 3.05) is 6.67 Å². The van der Waals surface area contributed by atoms with Crippen LogP contribution < -0.4 is 10.6 Å². The molecular weight excluding hydrogens is 264 g/mol. The van der Waals surface area contributed by atoms with E-state index in [0.29, 0.717) is 11.8 Å². The molecule has 0 aromatic carbocycles. The van der Waals surface area contributed by atoms with Crippen LogP contribution in [0.3, 0.4) is 0 Å². The molecule has 0 rings (SSSR count). The van der Waals surface area contributed by atoms with Crippen LogP contribution in [0.1, 0.15) is 62.3 Å². The van der Waals surface area contributed by atoms with Crippen LogP contribution in [0.2, 0.25) is 0 Å². The minimum Gasteiger partial charge on any atom is -0.339 e. The molecule has 0 aliphatic carbocycles. The van der Waals surface area contributed by atoms with Gasteiger partial charge in [0.25, 0.3) is 0 Å². The zero-order valence-electron chi connectivity index (χ0n) is 15.3. The topological polar surface area (TPSA) is 58.2 Å². The van der Waals surface area contributed by atoms with Crippen LogP contribution in [-0.2, 0) is 9.59 Å². The van der Waals surface area contributed by atoms with Gasteiger partial charge in [0.15, 0.2) is 0 Å². The third-order valence-corrected chi connectivity index (χ3v) is 5.33. The number of hydrogen-bond acceptors (Lipinski definition) is 2. The summed E-state index contributed by atoms with van der Waals surface area (Å²) >= 11 is 0. The fraction of sp³-hybridized carbons (Fsp3) is 0.882. The maximum atomic E-state index is 12.8. The average Bonchev–Trinajstić information content (AvgIpc) is 2.26. The van der Waals surface area contributed by atoms with Gasteiger partial charge in [-0.25, -0.2) is 0 Å². The summed E-state index contributed by atoms with van der Waals surface area (Å²) in [5, 5.41) is 5.49. The van der Waals surface area contributed by atoms with Gasteiger partial charge in [0.2, 0.25) is 11.8 Å². The highest BCUT2D eigenvalue weighted by molar-refractivity contribution is 5.81. The molecule has 0 aromatic rings. The van der Waals surface area contributed by atoms with Crippen LogP contribution >= 0.6 is 0 Å². The lowest BCUT2D eigenvalue weighted by molar-refractivity contribution is -0.138. The third kappa shape index (κ3) is 5.01. The van der Waals surface area contributed by atoms with E-state index in [9.17, 15) is 9.59 Å². The maximum absolute atomic E-state index is 12.8. The van der Waals surface area contributed by atoms with Crippen LogP contribution in [0.25, 0.3) is 0 Å². The molecule has 124 valence electrons. The van der Waals surface area contributed by atoms with E-state index >= 15 is 0 Å². The molecule has 0 atom stereocenters. The number of amides is 2. The Morgan fingerprint density at radius 3 is 1.52 bits per heavy atom. The van der Waals surface area contributed by atoms with Gasteiger partial charge in [-0.2, -0.15) is 0 Å². The van der Waals surface area contributed by atoms with Crippen molar-refractivity contribution < 1.29 is 9.59 Å². The van der Waals surface area contributed by atoms with Crippen molar-refractivity contribution in [3.63, 3.8) is 0 Å². The second kappa shape index (κ2) is 7.28. The van der Waals surface area contributed by atoms with Gasteiger partial charge >= 0.3 is 0 Å². The fourth-order valence-corrected chi connectivity index (χ4v) is 2.66. The largest absolute Gasteiger partial charge is 0.339 e. The molecule has 0 aliphatic heterocycles. The Balaban J connectivity index is 5.33. The highest BCUT2D eigenvalue weighted by Crippen LogP contribution is 2.48. The van der Waals surface area contributed by atoms with Crippen LogP contribution in [0.15, 0.2) is 0 Å². The molecular formula is C17H34N2O2. The summed E-state index contributed by atoms with van der Waals surface area (Å²) in [5.74, 6) is 0.511. The molecule has 0 spiro atoms. The predicted molar refractivity (Wildman–Crippen MR) is 87.6 cm³/mol. The normalized spacial score (nSPS) is 13.0. The molecule has 0 aliphatic rings. The Kier molecular flexibility index (Phi) is 6.91. The first-order valence-corrected chi connectivity index (χ1v) is 7.87. The zero-order valence-corrected chi connectivity index (χ0v) is 15.3. The van der Waals surface area contributed by atoms with Crippen molar-refractivity contribution in [3.05, 3.63) is 0 Å². The fourth-order valence-electron chi connectivity index (χ4n) is 2.66. The Hall–Kier alpha value is -1.06. The monoisotopic (exact) mass is 298 g/mol. The molecule has 0 unspecified atom stereocenters. The van der Waals surface area contributed by atoms with Crippen LogP contribution in [0, 0.1) is 28.6 Å². The lowest BCUT2D eigenvalue weighted by Gasteiger charge is -2.48. The first-order valence-electron chi connectivity index (χ1n) is 7.87. The van der Waals surface area contributed by atoms with Gasteiger partial charge < -0.3 is 10.6 Å². The number of nitrogens with one attached hydrogen (secondary N) is 2. The van der Waals surface area contributed by atoms with E-state index in [1.807, 2.05) is 0 Å². The summed E-state index contributed by atoms with van der Waals surface area (Å²) in [7, 11) is 0. The predicted octanol–water partition coefficient (Wildman–Crippen LogP) is 3.18. The van der Waals surface area contributed by atoms with Crippen molar-refractivity contribution in [2.45, 2.75) is 62.3 Å². The third-order valence-electron chi connectivity index (χ3n) is 5.33. The number of hydrogen-bond donors (Lipinski definition) is 2. The van der Waals surface area contributed by atoms with E-state index in [2.05, 4.69) is 66.0 Å². The molecule has 4 nitrogen and oxygen atoms in total. The van der Waals surface area contributed by atoms with Gasteiger partial charge in [0, 0.05) is 12.8 Å². The van der Waals surface area contributed by atoms with Crippen molar-refractivity contribution in [1.29, 1.82) is 0 Å². The SMILES string of the molecule is CC(=O)NCNC(=O)C(C(C)(C)C(C)C)C(C)(C)C(C)C. The minimum absolute atomic E-state index is 0.0150. The molecule has 0 aromatic heterocycles. The summed E-state index contributed by atoms with van der Waals surface area (Å²) < 4.78 is 0.